The zero-order valence-corrected chi connectivity index (χ0v) is 9.24. The van der Waals surface area contributed by atoms with E-state index in [0.29, 0.717) is 5.82 Å². The molecule has 3 heteroatoms. The topological polar surface area (TPSA) is 50.9 Å². The summed E-state index contributed by atoms with van der Waals surface area (Å²) in [6.07, 6.45) is 4.09. The Labute approximate surface area is 91.1 Å². The summed E-state index contributed by atoms with van der Waals surface area (Å²) < 4.78 is 0. The minimum absolute atomic E-state index is 0.583. The molecule has 0 radical (unpaired) electrons. The van der Waals surface area contributed by atoms with Gasteiger partial charge in [0.25, 0.3) is 0 Å². The van der Waals surface area contributed by atoms with Gasteiger partial charge in [0.2, 0.25) is 0 Å². The van der Waals surface area contributed by atoms with Crippen molar-refractivity contribution in [3.05, 3.63) is 18.2 Å². The molecule has 0 bridgehead atoms. The molecule has 15 heavy (non-hydrogen) atoms. The Morgan fingerprint density at radius 3 is 3.00 bits per heavy atom. The van der Waals surface area contributed by atoms with Crippen molar-refractivity contribution in [2.24, 2.45) is 11.8 Å². The predicted octanol–water partition coefficient (Wildman–Crippen LogP) is 2.51. The van der Waals surface area contributed by atoms with Crippen molar-refractivity contribution in [2.75, 3.05) is 17.6 Å². The molecule has 2 rings (SSSR count). The molecule has 0 spiro atoms. The van der Waals surface area contributed by atoms with Crippen molar-refractivity contribution in [1.29, 1.82) is 0 Å². The van der Waals surface area contributed by atoms with Gasteiger partial charge >= 0.3 is 0 Å². The van der Waals surface area contributed by atoms with E-state index in [1.165, 1.54) is 19.3 Å². The fourth-order valence-corrected chi connectivity index (χ4v) is 2.31. The van der Waals surface area contributed by atoms with Crippen LogP contribution in [-0.4, -0.2) is 11.5 Å². The van der Waals surface area contributed by atoms with E-state index in [9.17, 15) is 0 Å². The van der Waals surface area contributed by atoms with E-state index in [2.05, 4.69) is 17.2 Å². The zero-order chi connectivity index (χ0) is 10.7. The molecular formula is C12H19N3. The first-order chi connectivity index (χ1) is 7.25. The predicted molar refractivity (Wildman–Crippen MR) is 63.6 cm³/mol. The molecule has 1 fully saturated rings. The van der Waals surface area contributed by atoms with Crippen LogP contribution in [0, 0.1) is 11.8 Å². The Bertz CT molecular complexity index is 324. The Kier molecular flexibility index (Phi) is 3.09. The highest BCUT2D eigenvalue weighted by Gasteiger charge is 2.22. The van der Waals surface area contributed by atoms with E-state index in [1.54, 1.807) is 0 Å². The van der Waals surface area contributed by atoms with Gasteiger partial charge in [0.05, 0.1) is 0 Å². The summed E-state index contributed by atoms with van der Waals surface area (Å²) in [5, 5.41) is 3.37. The standard InChI is InChI=1S/C12H19N3/c1-9-4-2-5-10(9)8-14-12-7-3-6-11(13)15-12/h3,6-7,9-10H,2,4-5,8H2,1H3,(H3,13,14,15). The van der Waals surface area contributed by atoms with Gasteiger partial charge in [-0.05, 0) is 30.4 Å². The molecule has 0 amide bonds. The highest BCUT2D eigenvalue weighted by atomic mass is 15.0. The van der Waals surface area contributed by atoms with E-state index in [4.69, 9.17) is 5.73 Å². The molecular weight excluding hydrogens is 186 g/mol. The molecule has 1 aromatic rings. The fraction of sp³-hybridized carbons (Fsp3) is 0.583. The maximum absolute atomic E-state index is 5.62. The lowest BCUT2D eigenvalue weighted by Gasteiger charge is -2.16. The van der Waals surface area contributed by atoms with Gasteiger partial charge in [-0.25, -0.2) is 4.98 Å². The molecule has 82 valence electrons. The first-order valence-electron chi connectivity index (χ1n) is 5.72. The van der Waals surface area contributed by atoms with Crippen LogP contribution in [0.25, 0.3) is 0 Å². The maximum atomic E-state index is 5.62. The summed E-state index contributed by atoms with van der Waals surface area (Å²) in [5.41, 5.74) is 5.62. The Balaban J connectivity index is 1.87. The van der Waals surface area contributed by atoms with Crippen LogP contribution in [0.15, 0.2) is 18.2 Å². The minimum Gasteiger partial charge on any atom is -0.384 e. The number of nitrogens with one attached hydrogen (secondary N) is 1. The fourth-order valence-electron chi connectivity index (χ4n) is 2.31. The smallest absolute Gasteiger partial charge is 0.128 e. The van der Waals surface area contributed by atoms with Crippen molar-refractivity contribution in [1.82, 2.24) is 4.98 Å². The lowest BCUT2D eigenvalue weighted by molar-refractivity contribution is 0.439. The van der Waals surface area contributed by atoms with E-state index in [0.717, 1.165) is 24.2 Å². The van der Waals surface area contributed by atoms with Crippen LogP contribution in [-0.2, 0) is 0 Å². The summed E-state index contributed by atoms with van der Waals surface area (Å²) in [7, 11) is 0. The van der Waals surface area contributed by atoms with Gasteiger partial charge in [0.15, 0.2) is 0 Å². The average molecular weight is 205 g/mol. The molecule has 1 aromatic heterocycles. The Morgan fingerprint density at radius 2 is 2.33 bits per heavy atom. The number of nitrogens with zero attached hydrogens (tertiary/aromatic N) is 1. The van der Waals surface area contributed by atoms with E-state index in [-0.39, 0.29) is 0 Å². The quantitative estimate of drug-likeness (QED) is 0.797. The van der Waals surface area contributed by atoms with Crippen LogP contribution in [0.2, 0.25) is 0 Å². The average Bonchev–Trinajstić information content (AvgIpc) is 2.61. The molecule has 1 saturated carbocycles. The summed E-state index contributed by atoms with van der Waals surface area (Å²) in [5.74, 6) is 3.13. The van der Waals surface area contributed by atoms with Gasteiger partial charge in [-0.15, -0.1) is 0 Å². The first kappa shape index (κ1) is 10.3. The molecule has 2 atom stereocenters. The van der Waals surface area contributed by atoms with Gasteiger partial charge in [-0.1, -0.05) is 25.8 Å². The van der Waals surface area contributed by atoms with E-state index >= 15 is 0 Å². The summed E-state index contributed by atoms with van der Waals surface area (Å²) >= 11 is 0. The number of nitrogen functional groups attached to an aromatic ring is 1. The van der Waals surface area contributed by atoms with E-state index < -0.39 is 0 Å². The Morgan fingerprint density at radius 1 is 1.47 bits per heavy atom. The van der Waals surface area contributed by atoms with Gasteiger partial charge in [0, 0.05) is 6.54 Å². The second-order valence-corrected chi connectivity index (χ2v) is 4.50. The van der Waals surface area contributed by atoms with E-state index in [1.807, 2.05) is 18.2 Å². The Hall–Kier alpha value is -1.25. The number of anilines is 2. The van der Waals surface area contributed by atoms with Crippen LogP contribution in [0.5, 0.6) is 0 Å². The third-order valence-corrected chi connectivity index (χ3v) is 3.36. The van der Waals surface area contributed by atoms with Crippen LogP contribution in [0.3, 0.4) is 0 Å². The van der Waals surface area contributed by atoms with Crippen molar-refractivity contribution in [3.63, 3.8) is 0 Å². The molecule has 1 aliphatic rings. The normalized spacial score (nSPS) is 25.4. The number of nitrogens with two attached hydrogens (primary N) is 1. The van der Waals surface area contributed by atoms with Crippen LogP contribution in [0.1, 0.15) is 26.2 Å². The molecule has 0 saturated heterocycles. The molecule has 2 unspecified atom stereocenters. The minimum atomic E-state index is 0.583. The highest BCUT2D eigenvalue weighted by Crippen LogP contribution is 2.31. The third-order valence-electron chi connectivity index (χ3n) is 3.36. The monoisotopic (exact) mass is 205 g/mol. The molecule has 3 nitrogen and oxygen atoms in total. The number of hydrogen-bond acceptors (Lipinski definition) is 3. The highest BCUT2D eigenvalue weighted by molar-refractivity contribution is 5.42. The van der Waals surface area contributed by atoms with Gasteiger partial charge < -0.3 is 11.1 Å². The number of rotatable bonds is 3. The van der Waals surface area contributed by atoms with Crippen molar-refractivity contribution in [2.45, 2.75) is 26.2 Å². The molecule has 0 aliphatic heterocycles. The van der Waals surface area contributed by atoms with Crippen molar-refractivity contribution >= 4 is 11.6 Å². The van der Waals surface area contributed by atoms with Gasteiger partial charge in [0.1, 0.15) is 11.6 Å². The lowest BCUT2D eigenvalue weighted by atomic mass is 9.98. The molecule has 1 aliphatic carbocycles. The largest absolute Gasteiger partial charge is 0.384 e. The van der Waals surface area contributed by atoms with Crippen LogP contribution in [0.4, 0.5) is 11.6 Å². The SMILES string of the molecule is CC1CCCC1CNc1cccc(N)n1. The summed E-state index contributed by atoms with van der Waals surface area (Å²) in [6, 6.07) is 5.71. The number of aromatic nitrogens is 1. The number of hydrogen-bond donors (Lipinski definition) is 2. The van der Waals surface area contributed by atoms with Gasteiger partial charge in [-0.2, -0.15) is 0 Å². The van der Waals surface area contributed by atoms with Gasteiger partial charge in [-0.3, -0.25) is 0 Å². The summed E-state index contributed by atoms with van der Waals surface area (Å²) in [6.45, 7) is 3.36. The third kappa shape index (κ3) is 2.61. The summed E-state index contributed by atoms with van der Waals surface area (Å²) in [4.78, 5) is 4.23. The second-order valence-electron chi connectivity index (χ2n) is 4.50. The molecule has 3 N–H and O–H groups in total. The number of pyridine rings is 1. The first-order valence-corrected chi connectivity index (χ1v) is 5.72. The maximum Gasteiger partial charge on any atom is 0.128 e. The lowest BCUT2D eigenvalue weighted by Crippen LogP contribution is -2.17. The molecule has 1 heterocycles. The second kappa shape index (κ2) is 4.51. The molecule has 0 aromatic carbocycles. The zero-order valence-electron chi connectivity index (χ0n) is 9.24. The van der Waals surface area contributed by atoms with Crippen LogP contribution >= 0.6 is 0 Å². The van der Waals surface area contributed by atoms with Crippen molar-refractivity contribution < 1.29 is 0 Å². The van der Waals surface area contributed by atoms with Crippen molar-refractivity contribution in [3.8, 4) is 0 Å². The van der Waals surface area contributed by atoms with Crippen LogP contribution < -0.4 is 11.1 Å².